The Balaban J connectivity index is 1.41. The monoisotopic (exact) mass is 245 g/mol. The predicted octanol–water partition coefficient (Wildman–Crippen LogP) is 1.42. The summed E-state index contributed by atoms with van der Waals surface area (Å²) in [5, 5.41) is 3.48. The van der Waals surface area contributed by atoms with Crippen LogP contribution in [0.1, 0.15) is 25.0 Å². The van der Waals surface area contributed by atoms with Gasteiger partial charge in [0.2, 0.25) is 0 Å². The topological polar surface area (TPSA) is 47.7 Å². The fourth-order valence-electron chi connectivity index (χ4n) is 2.01. The quantitative estimate of drug-likeness (QED) is 0.802. The molecule has 3 rings (SSSR count). The van der Waals surface area contributed by atoms with Crippen LogP contribution in [0.15, 0.2) is 31.2 Å². The van der Waals surface area contributed by atoms with Crippen LogP contribution in [0.5, 0.6) is 0 Å². The molecular formula is C13H19N5. The Kier molecular flexibility index (Phi) is 3.41. The van der Waals surface area contributed by atoms with Gasteiger partial charge in [-0.3, -0.25) is 0 Å². The molecule has 2 aromatic rings. The maximum atomic E-state index is 4.41. The molecule has 2 heterocycles. The second-order valence-electron chi connectivity index (χ2n) is 4.91. The molecule has 0 atom stereocenters. The van der Waals surface area contributed by atoms with Gasteiger partial charge in [0.15, 0.2) is 0 Å². The standard InChI is InChI=1S/C13H19N5/c1(5-17-7-4-14-10-17)6-18-9-13(16-11-18)8-15-12-2-3-12/h4,7,9-12,15H,1-3,5-6,8H2. The van der Waals surface area contributed by atoms with Crippen molar-refractivity contribution < 1.29 is 0 Å². The van der Waals surface area contributed by atoms with E-state index in [1.807, 2.05) is 25.0 Å². The molecule has 5 heteroatoms. The van der Waals surface area contributed by atoms with Crippen LogP contribution in [-0.4, -0.2) is 25.1 Å². The number of nitrogens with one attached hydrogen (secondary N) is 1. The van der Waals surface area contributed by atoms with E-state index in [0.717, 1.165) is 37.8 Å². The summed E-state index contributed by atoms with van der Waals surface area (Å²) in [6.45, 7) is 2.92. The van der Waals surface area contributed by atoms with Gasteiger partial charge in [-0.1, -0.05) is 0 Å². The molecule has 1 N–H and O–H groups in total. The third-order valence-electron chi connectivity index (χ3n) is 3.23. The van der Waals surface area contributed by atoms with Gasteiger partial charge in [-0.25, -0.2) is 9.97 Å². The number of aromatic nitrogens is 4. The molecule has 2 aromatic heterocycles. The fraction of sp³-hybridized carbons (Fsp3) is 0.538. The van der Waals surface area contributed by atoms with Gasteiger partial charge in [0.1, 0.15) is 0 Å². The molecule has 0 aromatic carbocycles. The van der Waals surface area contributed by atoms with Gasteiger partial charge >= 0.3 is 0 Å². The van der Waals surface area contributed by atoms with E-state index in [1.54, 1.807) is 0 Å². The second kappa shape index (κ2) is 5.35. The van der Waals surface area contributed by atoms with Crippen molar-refractivity contribution in [1.29, 1.82) is 0 Å². The maximum Gasteiger partial charge on any atom is 0.0949 e. The lowest BCUT2D eigenvalue weighted by Gasteiger charge is -2.03. The highest BCUT2D eigenvalue weighted by atomic mass is 15.1. The fourth-order valence-corrected chi connectivity index (χ4v) is 2.01. The first kappa shape index (κ1) is 11.5. The highest BCUT2D eigenvalue weighted by Gasteiger charge is 2.20. The summed E-state index contributed by atoms with van der Waals surface area (Å²) in [6.07, 6.45) is 13.5. The molecular weight excluding hydrogens is 226 g/mol. The van der Waals surface area contributed by atoms with E-state index >= 15 is 0 Å². The van der Waals surface area contributed by atoms with Crippen molar-refractivity contribution in [3.8, 4) is 0 Å². The average molecular weight is 245 g/mol. The van der Waals surface area contributed by atoms with Crippen LogP contribution in [0.2, 0.25) is 0 Å². The molecule has 0 amide bonds. The Labute approximate surface area is 107 Å². The van der Waals surface area contributed by atoms with Gasteiger partial charge < -0.3 is 14.5 Å². The summed E-state index contributed by atoms with van der Waals surface area (Å²) in [7, 11) is 0. The number of imidazole rings is 2. The molecule has 1 aliphatic rings. The predicted molar refractivity (Wildman–Crippen MR) is 68.9 cm³/mol. The van der Waals surface area contributed by atoms with Gasteiger partial charge in [-0.05, 0) is 19.3 Å². The summed E-state index contributed by atoms with van der Waals surface area (Å²) in [5.41, 5.74) is 1.14. The molecule has 1 aliphatic carbocycles. The van der Waals surface area contributed by atoms with Crippen LogP contribution >= 0.6 is 0 Å². The lowest BCUT2D eigenvalue weighted by Crippen LogP contribution is -2.15. The van der Waals surface area contributed by atoms with E-state index in [4.69, 9.17) is 0 Å². The molecule has 18 heavy (non-hydrogen) atoms. The van der Waals surface area contributed by atoms with E-state index in [1.165, 1.54) is 12.8 Å². The van der Waals surface area contributed by atoms with Gasteiger partial charge in [0.05, 0.1) is 18.3 Å². The summed E-state index contributed by atoms with van der Waals surface area (Å²) in [5.74, 6) is 0. The van der Waals surface area contributed by atoms with Crippen molar-refractivity contribution in [3.63, 3.8) is 0 Å². The minimum Gasteiger partial charge on any atom is -0.337 e. The van der Waals surface area contributed by atoms with Crippen LogP contribution in [-0.2, 0) is 19.6 Å². The van der Waals surface area contributed by atoms with Crippen molar-refractivity contribution >= 4 is 0 Å². The molecule has 0 unspecified atom stereocenters. The lowest BCUT2D eigenvalue weighted by atomic mass is 10.4. The Bertz CT molecular complexity index is 469. The maximum absolute atomic E-state index is 4.41. The Morgan fingerprint density at radius 1 is 1.22 bits per heavy atom. The molecule has 0 spiro atoms. The summed E-state index contributed by atoms with van der Waals surface area (Å²) in [6, 6.07) is 0.747. The number of hydrogen-bond acceptors (Lipinski definition) is 3. The largest absolute Gasteiger partial charge is 0.337 e. The summed E-state index contributed by atoms with van der Waals surface area (Å²) in [4.78, 5) is 8.45. The number of rotatable bonds is 7. The highest BCUT2D eigenvalue weighted by molar-refractivity contribution is 4.97. The zero-order chi connectivity index (χ0) is 12.2. The number of aryl methyl sites for hydroxylation is 2. The minimum absolute atomic E-state index is 0.747. The van der Waals surface area contributed by atoms with Crippen molar-refractivity contribution in [1.82, 2.24) is 24.4 Å². The molecule has 96 valence electrons. The molecule has 0 saturated heterocycles. The van der Waals surface area contributed by atoms with Crippen molar-refractivity contribution in [2.24, 2.45) is 0 Å². The Hall–Kier alpha value is -1.62. The van der Waals surface area contributed by atoms with E-state index in [-0.39, 0.29) is 0 Å². The van der Waals surface area contributed by atoms with Crippen LogP contribution in [0.4, 0.5) is 0 Å². The van der Waals surface area contributed by atoms with E-state index in [2.05, 4.69) is 30.6 Å². The zero-order valence-electron chi connectivity index (χ0n) is 10.5. The van der Waals surface area contributed by atoms with E-state index in [0.29, 0.717) is 0 Å². The molecule has 0 radical (unpaired) electrons. The molecule has 1 saturated carbocycles. The number of hydrogen-bond donors (Lipinski definition) is 1. The molecule has 1 fully saturated rings. The van der Waals surface area contributed by atoms with E-state index < -0.39 is 0 Å². The minimum atomic E-state index is 0.747. The zero-order valence-corrected chi connectivity index (χ0v) is 10.5. The van der Waals surface area contributed by atoms with Crippen LogP contribution in [0.3, 0.4) is 0 Å². The van der Waals surface area contributed by atoms with Gasteiger partial charge in [-0.15, -0.1) is 0 Å². The Morgan fingerprint density at radius 3 is 2.89 bits per heavy atom. The summed E-state index contributed by atoms with van der Waals surface area (Å²) < 4.78 is 4.27. The molecule has 0 aliphatic heterocycles. The average Bonchev–Trinajstić information content (AvgIpc) is 2.89. The van der Waals surface area contributed by atoms with Crippen molar-refractivity contribution in [2.75, 3.05) is 0 Å². The van der Waals surface area contributed by atoms with Gasteiger partial charge in [-0.2, -0.15) is 0 Å². The first-order chi connectivity index (χ1) is 8.90. The van der Waals surface area contributed by atoms with Gasteiger partial charge in [0.25, 0.3) is 0 Å². The lowest BCUT2D eigenvalue weighted by molar-refractivity contribution is 0.562. The van der Waals surface area contributed by atoms with Gasteiger partial charge in [0, 0.05) is 44.3 Å². The van der Waals surface area contributed by atoms with Crippen LogP contribution < -0.4 is 5.32 Å². The highest BCUT2D eigenvalue weighted by Crippen LogP contribution is 2.18. The van der Waals surface area contributed by atoms with E-state index in [9.17, 15) is 0 Å². The molecule has 5 nitrogen and oxygen atoms in total. The third-order valence-corrected chi connectivity index (χ3v) is 3.23. The second-order valence-corrected chi connectivity index (χ2v) is 4.91. The van der Waals surface area contributed by atoms with Crippen LogP contribution in [0, 0.1) is 0 Å². The number of nitrogens with zero attached hydrogens (tertiary/aromatic N) is 4. The van der Waals surface area contributed by atoms with Crippen LogP contribution in [0.25, 0.3) is 0 Å². The third kappa shape index (κ3) is 3.20. The molecule has 0 bridgehead atoms. The van der Waals surface area contributed by atoms with Crippen molar-refractivity contribution in [3.05, 3.63) is 36.9 Å². The Morgan fingerprint density at radius 2 is 2.11 bits per heavy atom. The smallest absolute Gasteiger partial charge is 0.0949 e. The first-order valence-electron chi connectivity index (χ1n) is 6.60. The SMILES string of the molecule is c1cn(CCCn2cnc(CNC3CC3)c2)cn1. The summed E-state index contributed by atoms with van der Waals surface area (Å²) >= 11 is 0. The van der Waals surface area contributed by atoms with Crippen molar-refractivity contribution in [2.45, 2.75) is 44.9 Å². The normalized spacial score (nSPS) is 15.1. The first-order valence-corrected chi connectivity index (χ1v) is 6.60.